The average molecular weight is 242 g/mol. The van der Waals surface area contributed by atoms with Gasteiger partial charge in [-0.1, -0.05) is 20.3 Å². The van der Waals surface area contributed by atoms with Crippen molar-refractivity contribution in [2.24, 2.45) is 11.8 Å². The number of carboxylic acid groups (broad SMARTS) is 1. The Labute approximate surface area is 102 Å². The highest BCUT2D eigenvalue weighted by atomic mass is 16.4. The van der Waals surface area contributed by atoms with Gasteiger partial charge in [0.15, 0.2) is 0 Å². The summed E-state index contributed by atoms with van der Waals surface area (Å²) in [5, 5.41) is 11.8. The van der Waals surface area contributed by atoms with E-state index in [0.717, 1.165) is 25.9 Å². The molecule has 0 saturated carbocycles. The summed E-state index contributed by atoms with van der Waals surface area (Å²) in [6.45, 7) is 5.40. The first-order valence-electron chi connectivity index (χ1n) is 6.17. The lowest BCUT2D eigenvalue weighted by Crippen LogP contribution is -2.47. The molecule has 0 radical (unpaired) electrons. The van der Waals surface area contributed by atoms with E-state index in [9.17, 15) is 9.59 Å². The van der Waals surface area contributed by atoms with E-state index in [1.54, 1.807) is 0 Å². The number of carboxylic acids is 1. The SMILES string of the molecule is CCC(C)C(NC(=O)C1CCN(C)C1)C(=O)O. The molecule has 0 aromatic rings. The van der Waals surface area contributed by atoms with Crippen molar-refractivity contribution < 1.29 is 14.7 Å². The Hall–Kier alpha value is -1.10. The molecule has 0 spiro atoms. The molecule has 17 heavy (non-hydrogen) atoms. The first kappa shape index (κ1) is 14.0. The maximum absolute atomic E-state index is 11.9. The zero-order valence-corrected chi connectivity index (χ0v) is 10.8. The van der Waals surface area contributed by atoms with Gasteiger partial charge in [0, 0.05) is 6.54 Å². The topological polar surface area (TPSA) is 69.6 Å². The Morgan fingerprint density at radius 2 is 2.18 bits per heavy atom. The first-order chi connectivity index (χ1) is 7.95. The van der Waals surface area contributed by atoms with Gasteiger partial charge in [0.1, 0.15) is 6.04 Å². The van der Waals surface area contributed by atoms with Crippen LogP contribution in [-0.2, 0) is 9.59 Å². The van der Waals surface area contributed by atoms with Gasteiger partial charge in [0.2, 0.25) is 5.91 Å². The maximum Gasteiger partial charge on any atom is 0.326 e. The monoisotopic (exact) mass is 242 g/mol. The van der Waals surface area contributed by atoms with Gasteiger partial charge < -0.3 is 15.3 Å². The second kappa shape index (κ2) is 6.00. The normalized spacial score (nSPS) is 24.3. The molecule has 1 amide bonds. The number of likely N-dealkylation sites (tertiary alicyclic amines) is 1. The average Bonchev–Trinajstić information content (AvgIpc) is 2.71. The second-order valence-electron chi connectivity index (χ2n) is 4.96. The summed E-state index contributed by atoms with van der Waals surface area (Å²) in [4.78, 5) is 25.1. The van der Waals surface area contributed by atoms with E-state index in [0.29, 0.717) is 0 Å². The molecule has 2 N–H and O–H groups in total. The Balaban J connectivity index is 2.55. The van der Waals surface area contributed by atoms with E-state index in [-0.39, 0.29) is 17.7 Å². The van der Waals surface area contributed by atoms with Crippen LogP contribution in [0.15, 0.2) is 0 Å². The van der Waals surface area contributed by atoms with Crippen LogP contribution in [0, 0.1) is 11.8 Å². The minimum absolute atomic E-state index is 0.0458. The van der Waals surface area contributed by atoms with Gasteiger partial charge in [-0.15, -0.1) is 0 Å². The predicted molar refractivity (Wildman–Crippen MR) is 64.6 cm³/mol. The molecular formula is C12H22N2O3. The summed E-state index contributed by atoms with van der Waals surface area (Å²) >= 11 is 0. The summed E-state index contributed by atoms with van der Waals surface area (Å²) in [5.41, 5.74) is 0. The molecule has 1 aliphatic rings. The highest BCUT2D eigenvalue weighted by Crippen LogP contribution is 2.16. The number of rotatable bonds is 5. The van der Waals surface area contributed by atoms with Gasteiger partial charge >= 0.3 is 5.97 Å². The Bertz CT molecular complexity index is 293. The molecule has 98 valence electrons. The fourth-order valence-electron chi connectivity index (χ4n) is 2.10. The molecule has 1 aliphatic heterocycles. The number of nitrogens with one attached hydrogen (secondary N) is 1. The molecule has 1 heterocycles. The van der Waals surface area contributed by atoms with Crippen LogP contribution >= 0.6 is 0 Å². The number of nitrogens with zero attached hydrogens (tertiary/aromatic N) is 1. The zero-order valence-electron chi connectivity index (χ0n) is 10.8. The Morgan fingerprint density at radius 3 is 2.59 bits per heavy atom. The third-order valence-electron chi connectivity index (χ3n) is 3.54. The van der Waals surface area contributed by atoms with Crippen molar-refractivity contribution in [2.75, 3.05) is 20.1 Å². The van der Waals surface area contributed by atoms with Gasteiger partial charge in [0.05, 0.1) is 5.92 Å². The Morgan fingerprint density at radius 1 is 1.53 bits per heavy atom. The standard InChI is InChI=1S/C12H22N2O3/c1-4-8(2)10(12(16)17)13-11(15)9-5-6-14(3)7-9/h8-10H,4-7H2,1-3H3,(H,13,15)(H,16,17). The van der Waals surface area contributed by atoms with Crippen molar-refractivity contribution in [3.8, 4) is 0 Å². The molecule has 0 bridgehead atoms. The fraction of sp³-hybridized carbons (Fsp3) is 0.833. The zero-order chi connectivity index (χ0) is 13.0. The van der Waals surface area contributed by atoms with Crippen molar-refractivity contribution in [1.82, 2.24) is 10.2 Å². The van der Waals surface area contributed by atoms with E-state index in [1.165, 1.54) is 0 Å². The molecule has 0 aromatic heterocycles. The molecule has 5 heteroatoms. The Kier molecular flexibility index (Phi) is 4.93. The number of carbonyl (C=O) groups is 2. The lowest BCUT2D eigenvalue weighted by Gasteiger charge is -2.22. The van der Waals surface area contributed by atoms with Gasteiger partial charge in [-0.25, -0.2) is 4.79 Å². The summed E-state index contributed by atoms with van der Waals surface area (Å²) in [7, 11) is 1.97. The van der Waals surface area contributed by atoms with Crippen LogP contribution in [0.1, 0.15) is 26.7 Å². The molecule has 3 atom stereocenters. The summed E-state index contributed by atoms with van der Waals surface area (Å²) in [6, 6.07) is -0.765. The van der Waals surface area contributed by atoms with Crippen molar-refractivity contribution in [3.63, 3.8) is 0 Å². The number of carbonyl (C=O) groups excluding carboxylic acids is 1. The van der Waals surface area contributed by atoms with E-state index in [1.807, 2.05) is 20.9 Å². The molecule has 5 nitrogen and oxygen atoms in total. The molecule has 0 aromatic carbocycles. The van der Waals surface area contributed by atoms with E-state index in [2.05, 4.69) is 10.2 Å². The van der Waals surface area contributed by atoms with Crippen LogP contribution in [0.5, 0.6) is 0 Å². The lowest BCUT2D eigenvalue weighted by atomic mass is 9.98. The molecule has 3 unspecified atom stereocenters. The summed E-state index contributed by atoms with van der Waals surface area (Å²) in [6.07, 6.45) is 1.55. The lowest BCUT2D eigenvalue weighted by molar-refractivity contribution is -0.143. The highest BCUT2D eigenvalue weighted by Gasteiger charge is 2.31. The van der Waals surface area contributed by atoms with E-state index < -0.39 is 12.0 Å². The summed E-state index contributed by atoms with van der Waals surface area (Å²) in [5.74, 6) is -1.18. The van der Waals surface area contributed by atoms with Gasteiger partial charge in [-0.05, 0) is 25.9 Å². The molecule has 1 saturated heterocycles. The van der Waals surface area contributed by atoms with Crippen molar-refractivity contribution >= 4 is 11.9 Å². The van der Waals surface area contributed by atoms with Crippen LogP contribution in [-0.4, -0.2) is 48.1 Å². The summed E-state index contributed by atoms with van der Waals surface area (Å²) < 4.78 is 0. The smallest absolute Gasteiger partial charge is 0.326 e. The molecule has 1 fully saturated rings. The minimum atomic E-state index is -0.945. The van der Waals surface area contributed by atoms with Crippen molar-refractivity contribution in [2.45, 2.75) is 32.7 Å². The van der Waals surface area contributed by atoms with Crippen LogP contribution in [0.4, 0.5) is 0 Å². The van der Waals surface area contributed by atoms with Crippen LogP contribution in [0.25, 0.3) is 0 Å². The first-order valence-corrected chi connectivity index (χ1v) is 6.17. The van der Waals surface area contributed by atoms with Crippen LogP contribution < -0.4 is 5.32 Å². The fourth-order valence-corrected chi connectivity index (χ4v) is 2.10. The number of amides is 1. The second-order valence-corrected chi connectivity index (χ2v) is 4.96. The minimum Gasteiger partial charge on any atom is -0.480 e. The van der Waals surface area contributed by atoms with Gasteiger partial charge in [-0.3, -0.25) is 4.79 Å². The third-order valence-corrected chi connectivity index (χ3v) is 3.54. The maximum atomic E-state index is 11.9. The highest BCUT2D eigenvalue weighted by molar-refractivity contribution is 5.85. The number of hydrogen-bond donors (Lipinski definition) is 2. The molecular weight excluding hydrogens is 220 g/mol. The third kappa shape index (κ3) is 3.70. The largest absolute Gasteiger partial charge is 0.480 e. The van der Waals surface area contributed by atoms with Gasteiger partial charge in [-0.2, -0.15) is 0 Å². The van der Waals surface area contributed by atoms with E-state index in [4.69, 9.17) is 5.11 Å². The van der Waals surface area contributed by atoms with Crippen molar-refractivity contribution in [1.29, 1.82) is 0 Å². The van der Waals surface area contributed by atoms with E-state index >= 15 is 0 Å². The van der Waals surface area contributed by atoms with Crippen LogP contribution in [0.3, 0.4) is 0 Å². The number of hydrogen-bond acceptors (Lipinski definition) is 3. The van der Waals surface area contributed by atoms with Crippen LogP contribution in [0.2, 0.25) is 0 Å². The quantitative estimate of drug-likeness (QED) is 0.739. The molecule has 0 aliphatic carbocycles. The van der Waals surface area contributed by atoms with Gasteiger partial charge in [0.25, 0.3) is 0 Å². The predicted octanol–water partition coefficient (Wildman–Crippen LogP) is 0.554. The number of aliphatic carboxylic acids is 1. The van der Waals surface area contributed by atoms with Crippen molar-refractivity contribution in [3.05, 3.63) is 0 Å². The molecule has 1 rings (SSSR count).